The van der Waals surface area contributed by atoms with Gasteiger partial charge >= 0.3 is 11.9 Å². The van der Waals surface area contributed by atoms with Gasteiger partial charge in [0.1, 0.15) is 5.75 Å². The lowest BCUT2D eigenvalue weighted by Gasteiger charge is -2.09. The molecule has 2 rings (SSSR count). The Morgan fingerprint density at radius 1 is 0.897 bits per heavy atom. The highest BCUT2D eigenvalue weighted by Crippen LogP contribution is 2.18. The smallest absolute Gasteiger partial charge is 0.344 e. The molecule has 0 saturated carbocycles. The lowest BCUT2D eigenvalue weighted by atomic mass is 10.0. The van der Waals surface area contributed by atoms with Gasteiger partial charge in [0.15, 0.2) is 13.2 Å². The summed E-state index contributed by atoms with van der Waals surface area (Å²) >= 11 is 0. The number of benzene rings is 2. The van der Waals surface area contributed by atoms with Crippen molar-refractivity contribution in [3.05, 3.63) is 59.7 Å². The predicted molar refractivity (Wildman–Crippen MR) is 108 cm³/mol. The lowest BCUT2D eigenvalue weighted by molar-refractivity contribution is -0.149. The normalized spacial score (nSPS) is 10.3. The van der Waals surface area contributed by atoms with Crippen molar-refractivity contribution in [2.75, 3.05) is 25.1 Å². The molecule has 0 fully saturated rings. The van der Waals surface area contributed by atoms with Gasteiger partial charge in [-0.05, 0) is 54.8 Å². The molecule has 0 aliphatic rings. The van der Waals surface area contributed by atoms with E-state index in [1.54, 1.807) is 31.2 Å². The Balaban J connectivity index is 1.72. The summed E-state index contributed by atoms with van der Waals surface area (Å²) in [5, 5.41) is 2.58. The second kappa shape index (κ2) is 10.8. The fraction of sp³-hybridized carbons (Fsp3) is 0.318. The average molecular weight is 399 g/mol. The maximum Gasteiger partial charge on any atom is 0.344 e. The van der Waals surface area contributed by atoms with Crippen LogP contribution in [0.4, 0.5) is 5.69 Å². The van der Waals surface area contributed by atoms with Crippen molar-refractivity contribution in [1.82, 2.24) is 0 Å². The van der Waals surface area contributed by atoms with Crippen LogP contribution in [0.25, 0.3) is 0 Å². The molecule has 0 aliphatic carbocycles. The van der Waals surface area contributed by atoms with E-state index in [1.807, 2.05) is 12.1 Å². The number of anilines is 1. The second-order valence-electron chi connectivity index (χ2n) is 6.52. The Labute approximate surface area is 170 Å². The highest BCUT2D eigenvalue weighted by Gasteiger charge is 2.10. The molecule has 7 heteroatoms. The Bertz CT molecular complexity index is 827. The van der Waals surface area contributed by atoms with Crippen molar-refractivity contribution in [1.29, 1.82) is 0 Å². The van der Waals surface area contributed by atoms with E-state index in [9.17, 15) is 14.4 Å². The van der Waals surface area contributed by atoms with Gasteiger partial charge in [0.05, 0.1) is 12.2 Å². The molecule has 1 amide bonds. The number of rotatable bonds is 9. The summed E-state index contributed by atoms with van der Waals surface area (Å²) in [6, 6.07) is 13.7. The van der Waals surface area contributed by atoms with Gasteiger partial charge in [-0.1, -0.05) is 26.0 Å². The molecule has 0 bridgehead atoms. The topological polar surface area (TPSA) is 90.9 Å². The quantitative estimate of drug-likeness (QED) is 0.649. The maximum absolute atomic E-state index is 11.9. The first kappa shape index (κ1) is 21.9. The van der Waals surface area contributed by atoms with Crippen molar-refractivity contribution in [2.45, 2.75) is 26.7 Å². The Morgan fingerprint density at radius 3 is 2.14 bits per heavy atom. The number of carbonyl (C=O) groups is 3. The van der Waals surface area contributed by atoms with Crippen LogP contribution in [0.1, 0.15) is 42.6 Å². The van der Waals surface area contributed by atoms with E-state index in [4.69, 9.17) is 14.2 Å². The molecule has 1 N–H and O–H groups in total. The number of hydrogen-bond donors (Lipinski definition) is 1. The fourth-order valence-electron chi connectivity index (χ4n) is 2.38. The zero-order chi connectivity index (χ0) is 21.2. The van der Waals surface area contributed by atoms with E-state index in [1.165, 1.54) is 17.7 Å². The third-order valence-electron chi connectivity index (χ3n) is 3.95. The van der Waals surface area contributed by atoms with Crippen LogP contribution in [0.5, 0.6) is 5.75 Å². The van der Waals surface area contributed by atoms with E-state index in [2.05, 4.69) is 19.2 Å². The summed E-state index contributed by atoms with van der Waals surface area (Å²) in [5.74, 6) is -0.612. The first-order valence-electron chi connectivity index (χ1n) is 9.34. The summed E-state index contributed by atoms with van der Waals surface area (Å²) in [4.78, 5) is 35.2. The summed E-state index contributed by atoms with van der Waals surface area (Å²) in [6.45, 7) is 5.47. The molecule has 2 aromatic carbocycles. The zero-order valence-corrected chi connectivity index (χ0v) is 16.8. The predicted octanol–water partition coefficient (Wildman–Crippen LogP) is 3.55. The second-order valence-corrected chi connectivity index (χ2v) is 6.52. The van der Waals surface area contributed by atoms with Crippen LogP contribution in [0, 0.1) is 0 Å². The molecular formula is C22H25NO6. The fourth-order valence-corrected chi connectivity index (χ4v) is 2.38. The standard InChI is InChI=1S/C22H25NO6/c1-4-27-22(26)17-5-9-18(10-6-17)23-20(24)13-29-21(25)14-28-19-11-7-16(8-12-19)15(2)3/h5-12,15H,4,13-14H2,1-3H3,(H,23,24). The van der Waals surface area contributed by atoms with Crippen molar-refractivity contribution < 1.29 is 28.6 Å². The molecule has 0 atom stereocenters. The number of hydrogen-bond acceptors (Lipinski definition) is 6. The minimum Gasteiger partial charge on any atom is -0.482 e. The van der Waals surface area contributed by atoms with Gasteiger partial charge in [0.25, 0.3) is 5.91 Å². The minimum absolute atomic E-state index is 0.287. The highest BCUT2D eigenvalue weighted by molar-refractivity contribution is 5.94. The van der Waals surface area contributed by atoms with Gasteiger partial charge in [0, 0.05) is 5.69 Å². The van der Waals surface area contributed by atoms with Crippen LogP contribution < -0.4 is 10.1 Å². The Morgan fingerprint density at radius 2 is 1.55 bits per heavy atom. The number of esters is 2. The Hall–Kier alpha value is -3.35. The van der Waals surface area contributed by atoms with Gasteiger partial charge in [-0.25, -0.2) is 9.59 Å². The summed E-state index contributed by atoms with van der Waals surface area (Å²) in [7, 11) is 0. The van der Waals surface area contributed by atoms with Crippen molar-refractivity contribution in [2.24, 2.45) is 0 Å². The molecule has 0 aliphatic heterocycles. The molecule has 0 heterocycles. The summed E-state index contributed by atoms with van der Waals surface area (Å²) in [5.41, 5.74) is 2.03. The molecule has 29 heavy (non-hydrogen) atoms. The van der Waals surface area contributed by atoms with Crippen LogP contribution in [0.15, 0.2) is 48.5 Å². The summed E-state index contributed by atoms with van der Waals surface area (Å²) < 4.78 is 15.2. The lowest BCUT2D eigenvalue weighted by Crippen LogP contribution is -2.23. The Kier molecular flexibility index (Phi) is 8.21. The van der Waals surface area contributed by atoms with Crippen molar-refractivity contribution in [3.63, 3.8) is 0 Å². The molecule has 2 aromatic rings. The van der Waals surface area contributed by atoms with Crippen LogP contribution in [-0.4, -0.2) is 37.7 Å². The van der Waals surface area contributed by atoms with E-state index in [0.717, 1.165) is 0 Å². The highest BCUT2D eigenvalue weighted by atomic mass is 16.6. The van der Waals surface area contributed by atoms with Crippen molar-refractivity contribution in [3.8, 4) is 5.75 Å². The molecule has 154 valence electrons. The molecule has 0 saturated heterocycles. The van der Waals surface area contributed by atoms with E-state index in [-0.39, 0.29) is 13.2 Å². The van der Waals surface area contributed by atoms with Gasteiger partial charge in [-0.3, -0.25) is 4.79 Å². The third-order valence-corrected chi connectivity index (χ3v) is 3.95. The first-order valence-corrected chi connectivity index (χ1v) is 9.34. The number of nitrogens with one attached hydrogen (secondary N) is 1. The van der Waals surface area contributed by atoms with Crippen molar-refractivity contribution >= 4 is 23.5 Å². The van der Waals surface area contributed by atoms with Crippen LogP contribution in [0.3, 0.4) is 0 Å². The molecular weight excluding hydrogens is 374 g/mol. The molecule has 0 spiro atoms. The van der Waals surface area contributed by atoms with Gasteiger partial charge < -0.3 is 19.5 Å². The van der Waals surface area contributed by atoms with Gasteiger partial charge in [-0.15, -0.1) is 0 Å². The largest absolute Gasteiger partial charge is 0.482 e. The van der Waals surface area contributed by atoms with Crippen LogP contribution in [0.2, 0.25) is 0 Å². The molecule has 0 aromatic heterocycles. The number of amides is 1. The van der Waals surface area contributed by atoms with Crippen LogP contribution in [-0.2, 0) is 19.1 Å². The van der Waals surface area contributed by atoms with E-state index >= 15 is 0 Å². The molecule has 0 radical (unpaired) electrons. The SMILES string of the molecule is CCOC(=O)c1ccc(NC(=O)COC(=O)COc2ccc(C(C)C)cc2)cc1. The van der Waals surface area contributed by atoms with E-state index in [0.29, 0.717) is 22.9 Å². The number of carbonyl (C=O) groups excluding carboxylic acids is 3. The minimum atomic E-state index is -0.647. The monoisotopic (exact) mass is 399 g/mol. The van der Waals surface area contributed by atoms with E-state index < -0.39 is 24.5 Å². The maximum atomic E-state index is 11.9. The van der Waals surface area contributed by atoms with Gasteiger partial charge in [-0.2, -0.15) is 0 Å². The van der Waals surface area contributed by atoms with Crippen LogP contribution >= 0.6 is 0 Å². The number of ether oxygens (including phenoxy) is 3. The van der Waals surface area contributed by atoms with Gasteiger partial charge in [0.2, 0.25) is 0 Å². The molecule has 7 nitrogen and oxygen atoms in total. The third kappa shape index (κ3) is 7.29. The average Bonchev–Trinajstić information content (AvgIpc) is 2.71. The summed E-state index contributed by atoms with van der Waals surface area (Å²) in [6.07, 6.45) is 0. The molecule has 0 unspecified atom stereocenters. The zero-order valence-electron chi connectivity index (χ0n) is 16.8. The first-order chi connectivity index (χ1) is 13.9.